The number of aliphatic imine (C=N–C) groups is 2. The van der Waals surface area contributed by atoms with Crippen LogP contribution in [0.5, 0.6) is 0 Å². The molecule has 0 aromatic heterocycles. The Hall–Kier alpha value is -6.47. The van der Waals surface area contributed by atoms with Gasteiger partial charge in [-0.15, -0.1) is 0 Å². The fraction of sp³-hybridized carbons (Fsp3) is 0.0385. The molecule has 9 rings (SSSR count). The molecule has 0 saturated heterocycles. The Kier molecular flexibility index (Phi) is 9.43. The Bertz CT molecular complexity index is 2410. The molecule has 0 N–H and O–H groups in total. The van der Waals surface area contributed by atoms with Crippen LogP contribution in [0.4, 0.5) is 11.4 Å². The number of hydrogen-bond acceptors (Lipinski definition) is 2. The summed E-state index contributed by atoms with van der Waals surface area (Å²) in [6.07, 6.45) is 3.99. The fourth-order valence-electron chi connectivity index (χ4n) is 9.08. The standard InChI is InChI=1S/C52H42N2Si2/c1-39-33-51-47(35-49(39)53-37-41-21-9-3-10-22-41)48-36-50(54-38-42-23-11-4-12-24-42)40(2)34-52(48)56(45-29-17-7-18-30-45,46-31-19-8-20-32-46)55(51,43-25-13-5-14-26-43)44-27-15-6-16-28-44/h3-38H,1-2H3. The number of aryl methyl sites for hydroxylation is 2. The topological polar surface area (TPSA) is 24.7 Å². The molecule has 8 aromatic rings. The minimum absolute atomic E-state index is 0.978. The minimum Gasteiger partial charge on any atom is -0.256 e. The summed E-state index contributed by atoms with van der Waals surface area (Å²) in [7, 11) is -6.14. The maximum absolute atomic E-state index is 5.19. The lowest BCUT2D eigenvalue weighted by Crippen LogP contribution is -2.95. The quantitative estimate of drug-likeness (QED) is 0.110. The molecule has 0 amide bonds. The molecular formula is C52H42N2Si2. The summed E-state index contributed by atoms with van der Waals surface area (Å²) in [5, 5.41) is 8.53. The van der Waals surface area contributed by atoms with Crippen molar-refractivity contribution in [3.8, 4) is 11.1 Å². The summed E-state index contributed by atoms with van der Waals surface area (Å²) in [6.45, 7) is 4.48. The Balaban J connectivity index is 1.48. The smallest absolute Gasteiger partial charge is 0.155 e. The first-order valence-corrected chi connectivity index (χ1v) is 24.3. The van der Waals surface area contributed by atoms with Crippen molar-refractivity contribution in [1.82, 2.24) is 0 Å². The average molecular weight is 751 g/mol. The summed E-state index contributed by atoms with van der Waals surface area (Å²) < 4.78 is 0. The van der Waals surface area contributed by atoms with E-state index in [4.69, 9.17) is 9.98 Å². The van der Waals surface area contributed by atoms with E-state index >= 15 is 0 Å². The zero-order valence-electron chi connectivity index (χ0n) is 31.7. The van der Waals surface area contributed by atoms with Crippen molar-refractivity contribution in [1.29, 1.82) is 0 Å². The second-order valence-electron chi connectivity index (χ2n) is 14.7. The Morgan fingerprint density at radius 1 is 0.339 bits per heavy atom. The zero-order chi connectivity index (χ0) is 38.0. The average Bonchev–Trinajstić information content (AvgIpc) is 3.26. The van der Waals surface area contributed by atoms with Crippen LogP contribution in [0.1, 0.15) is 22.3 Å². The van der Waals surface area contributed by atoms with Crippen LogP contribution in [-0.4, -0.2) is 27.6 Å². The van der Waals surface area contributed by atoms with Gasteiger partial charge < -0.3 is 0 Å². The maximum atomic E-state index is 5.19. The van der Waals surface area contributed by atoms with Crippen LogP contribution in [0.2, 0.25) is 0 Å². The number of fused-ring (bicyclic) bond motifs is 3. The lowest BCUT2D eigenvalue weighted by Gasteiger charge is -2.54. The lowest BCUT2D eigenvalue weighted by molar-refractivity contribution is 1.39. The van der Waals surface area contributed by atoms with Crippen LogP contribution in [0, 0.1) is 13.8 Å². The lowest BCUT2D eigenvalue weighted by atomic mass is 10.00. The van der Waals surface area contributed by atoms with E-state index in [1.54, 1.807) is 0 Å². The summed E-state index contributed by atoms with van der Waals surface area (Å²) in [4.78, 5) is 10.4. The Morgan fingerprint density at radius 3 is 0.893 bits per heavy atom. The second-order valence-corrected chi connectivity index (χ2v) is 25.6. The predicted molar refractivity (Wildman–Crippen MR) is 244 cm³/mol. The first-order valence-electron chi connectivity index (χ1n) is 19.3. The van der Waals surface area contributed by atoms with Crippen molar-refractivity contribution in [3.63, 3.8) is 0 Å². The molecule has 2 nitrogen and oxygen atoms in total. The van der Waals surface area contributed by atoms with E-state index in [0.717, 1.165) is 22.5 Å². The highest BCUT2D eigenvalue weighted by molar-refractivity contribution is 7.68. The van der Waals surface area contributed by atoms with E-state index in [-0.39, 0.29) is 0 Å². The number of rotatable bonds is 8. The zero-order valence-corrected chi connectivity index (χ0v) is 33.7. The molecule has 0 fully saturated rings. The van der Waals surface area contributed by atoms with Crippen molar-refractivity contribution >= 4 is 70.1 Å². The molecule has 1 aliphatic rings. The summed E-state index contributed by atoms with van der Waals surface area (Å²) >= 11 is 0. The van der Waals surface area contributed by atoms with Crippen LogP contribution in [-0.2, 0) is 0 Å². The van der Waals surface area contributed by atoms with Gasteiger partial charge in [-0.25, -0.2) is 0 Å². The van der Waals surface area contributed by atoms with E-state index in [9.17, 15) is 0 Å². The Morgan fingerprint density at radius 2 is 0.607 bits per heavy atom. The van der Waals surface area contributed by atoms with Gasteiger partial charge in [0, 0.05) is 12.4 Å². The molecule has 1 aliphatic heterocycles. The van der Waals surface area contributed by atoms with E-state index in [1.165, 1.54) is 53.4 Å². The number of nitrogens with zero attached hydrogens (tertiary/aromatic N) is 2. The third-order valence-corrected chi connectivity index (χ3v) is 28.3. The molecular weight excluding hydrogens is 709 g/mol. The van der Waals surface area contributed by atoms with E-state index < -0.39 is 15.2 Å². The van der Waals surface area contributed by atoms with Crippen molar-refractivity contribution in [2.75, 3.05) is 0 Å². The maximum Gasteiger partial charge on any atom is 0.155 e. The van der Waals surface area contributed by atoms with Crippen molar-refractivity contribution in [2.24, 2.45) is 9.98 Å². The molecule has 56 heavy (non-hydrogen) atoms. The van der Waals surface area contributed by atoms with Gasteiger partial charge in [0.15, 0.2) is 15.2 Å². The molecule has 0 atom stereocenters. The van der Waals surface area contributed by atoms with E-state index in [1.807, 2.05) is 24.6 Å². The summed E-state index contributed by atoms with van der Waals surface area (Å²) in [5.41, 5.74) is 8.94. The molecule has 0 bridgehead atoms. The van der Waals surface area contributed by atoms with Gasteiger partial charge in [0.2, 0.25) is 0 Å². The fourth-order valence-corrected chi connectivity index (χ4v) is 29.3. The molecule has 8 aromatic carbocycles. The number of hydrogen-bond donors (Lipinski definition) is 0. The molecule has 0 unspecified atom stereocenters. The van der Waals surface area contributed by atoms with Crippen LogP contribution in [0.25, 0.3) is 11.1 Å². The monoisotopic (exact) mass is 750 g/mol. The van der Waals surface area contributed by atoms with Crippen LogP contribution in [0.3, 0.4) is 0 Å². The second kappa shape index (κ2) is 15.0. The van der Waals surface area contributed by atoms with Crippen molar-refractivity contribution in [3.05, 3.63) is 229 Å². The summed E-state index contributed by atoms with van der Waals surface area (Å²) in [5.74, 6) is 0. The SMILES string of the molecule is Cc1cc2c(cc1N=Cc1ccccc1)-c1cc(N=Cc3ccccc3)c(C)cc1[Si](c1ccccc1)(c1ccccc1)[Si]2(c1ccccc1)c1ccccc1. The largest absolute Gasteiger partial charge is 0.256 e. The molecule has 1 heterocycles. The summed E-state index contributed by atoms with van der Waals surface area (Å²) in [6, 6.07) is 76.5. The Labute approximate surface area is 332 Å². The van der Waals surface area contributed by atoms with Gasteiger partial charge >= 0.3 is 0 Å². The van der Waals surface area contributed by atoms with E-state index in [0.29, 0.717) is 0 Å². The van der Waals surface area contributed by atoms with Gasteiger partial charge in [0.25, 0.3) is 0 Å². The van der Waals surface area contributed by atoms with Gasteiger partial charge in [0.1, 0.15) is 0 Å². The first kappa shape index (κ1) is 35.2. The van der Waals surface area contributed by atoms with Crippen LogP contribution in [0.15, 0.2) is 216 Å². The van der Waals surface area contributed by atoms with Gasteiger partial charge in [0.05, 0.1) is 11.4 Å². The third kappa shape index (κ3) is 5.86. The van der Waals surface area contributed by atoms with E-state index in [2.05, 4.69) is 208 Å². The minimum atomic E-state index is -3.07. The molecule has 0 spiro atoms. The molecule has 0 saturated carbocycles. The van der Waals surface area contributed by atoms with Crippen molar-refractivity contribution in [2.45, 2.75) is 13.8 Å². The highest BCUT2D eigenvalue weighted by Crippen LogP contribution is 2.39. The third-order valence-electron chi connectivity index (χ3n) is 11.5. The molecule has 4 heteroatoms. The molecule has 268 valence electrons. The number of benzene rings is 8. The predicted octanol–water partition coefficient (Wildman–Crippen LogP) is 8.50. The van der Waals surface area contributed by atoms with Gasteiger partial charge in [-0.3, -0.25) is 9.98 Å². The van der Waals surface area contributed by atoms with Gasteiger partial charge in [-0.05, 0) is 69.7 Å². The first-order chi connectivity index (χ1) is 27.6. The van der Waals surface area contributed by atoms with Crippen LogP contribution >= 0.6 is 0 Å². The normalized spacial score (nSPS) is 14.0. The van der Waals surface area contributed by atoms with Gasteiger partial charge in [-0.2, -0.15) is 0 Å². The molecule has 0 radical (unpaired) electrons. The highest BCUT2D eigenvalue weighted by atomic mass is 29.3. The van der Waals surface area contributed by atoms with Crippen molar-refractivity contribution < 1.29 is 0 Å². The highest BCUT2D eigenvalue weighted by Gasteiger charge is 2.65. The van der Waals surface area contributed by atoms with Crippen LogP contribution < -0.4 is 31.1 Å². The van der Waals surface area contributed by atoms with Gasteiger partial charge in [-0.1, -0.05) is 215 Å². The molecule has 0 aliphatic carbocycles.